The first-order valence-corrected chi connectivity index (χ1v) is 11.5. The van der Waals surface area contributed by atoms with E-state index in [2.05, 4.69) is 4.94 Å². The first-order valence-electron chi connectivity index (χ1n) is 11.0. The highest BCUT2D eigenvalue weighted by Crippen LogP contribution is 2.33. The summed E-state index contributed by atoms with van der Waals surface area (Å²) in [5.74, 6) is 4.28. The number of hydroxylamine groups is 2. The van der Waals surface area contributed by atoms with Crippen LogP contribution in [-0.4, -0.2) is 94.7 Å². The molecule has 0 aliphatic carbocycles. The number of urea groups is 1. The monoisotopic (exact) mass is 506 g/mol. The number of carbonyl (C=O) groups excluding carboxylic acids is 3. The number of nitro groups is 1. The molecule has 0 spiro atoms. The number of likely N-dealkylation sites (N-methyl/N-ethyl adjacent to an activating group) is 2. The molecular weight excluding hydrogens is 480 g/mol. The van der Waals surface area contributed by atoms with E-state index in [1.165, 1.54) is 17.0 Å². The van der Waals surface area contributed by atoms with Gasteiger partial charge in [-0.3, -0.25) is 24.6 Å². The van der Waals surface area contributed by atoms with Gasteiger partial charge in [0, 0.05) is 62.2 Å². The number of alkyl halides is 1. The molecule has 2 N–H and O–H groups in total. The second-order valence-corrected chi connectivity index (χ2v) is 8.33. The Balaban J connectivity index is 1.71. The number of hydrogen-bond acceptors (Lipinski definition) is 8. The van der Waals surface area contributed by atoms with Gasteiger partial charge in [-0.15, -0.1) is 11.6 Å². The third-order valence-electron chi connectivity index (χ3n) is 5.92. The quantitative estimate of drug-likeness (QED) is 0.211. The minimum Gasteiger partial charge on any atom is -0.325 e. The molecule has 0 bridgehead atoms. The summed E-state index contributed by atoms with van der Waals surface area (Å²) >= 11 is 5.64. The molecule has 0 saturated heterocycles. The fraction of sp³-hybridized carbons (Fsp3) is 0.409. The van der Waals surface area contributed by atoms with Crippen LogP contribution in [0.2, 0.25) is 0 Å². The molecular formula is C22H27ClN6O6. The Morgan fingerprint density at radius 2 is 1.86 bits per heavy atom. The number of benzene rings is 2. The Morgan fingerprint density at radius 1 is 1.14 bits per heavy atom. The zero-order valence-electron chi connectivity index (χ0n) is 19.5. The summed E-state index contributed by atoms with van der Waals surface area (Å²) < 4.78 is 0. The van der Waals surface area contributed by atoms with Crippen LogP contribution in [0.5, 0.6) is 0 Å². The van der Waals surface area contributed by atoms with Crippen molar-refractivity contribution in [3.63, 3.8) is 0 Å². The van der Waals surface area contributed by atoms with Gasteiger partial charge in [-0.2, -0.15) is 15.9 Å². The van der Waals surface area contributed by atoms with E-state index < -0.39 is 22.8 Å². The van der Waals surface area contributed by atoms with Crippen molar-refractivity contribution in [1.82, 2.24) is 19.8 Å². The van der Waals surface area contributed by atoms with E-state index in [0.29, 0.717) is 42.5 Å². The molecule has 3 rings (SSSR count). The van der Waals surface area contributed by atoms with Crippen molar-refractivity contribution in [1.29, 1.82) is 0 Å². The highest BCUT2D eigenvalue weighted by atomic mass is 35.5. The first-order chi connectivity index (χ1) is 16.7. The maximum Gasteiger partial charge on any atom is 0.345 e. The predicted molar refractivity (Wildman–Crippen MR) is 129 cm³/mol. The molecule has 4 amide bonds. The molecule has 35 heavy (non-hydrogen) atoms. The van der Waals surface area contributed by atoms with Gasteiger partial charge in [0.15, 0.2) is 0 Å². The number of nitrogens with zero attached hydrogens (tertiary/aromatic N) is 5. The van der Waals surface area contributed by atoms with Crippen molar-refractivity contribution in [3.8, 4) is 0 Å². The van der Waals surface area contributed by atoms with Crippen LogP contribution in [0, 0.1) is 10.1 Å². The van der Waals surface area contributed by atoms with Gasteiger partial charge in [-0.25, -0.2) is 4.79 Å². The molecule has 13 heteroatoms. The Kier molecular flexibility index (Phi) is 8.57. The number of amides is 4. The van der Waals surface area contributed by atoms with E-state index in [-0.39, 0.29) is 30.2 Å². The number of imide groups is 1. The number of nitro benzene ring substituents is 1. The largest absolute Gasteiger partial charge is 0.345 e. The van der Waals surface area contributed by atoms with E-state index in [9.17, 15) is 24.5 Å². The summed E-state index contributed by atoms with van der Waals surface area (Å²) in [6.07, 6.45) is 0. The minimum atomic E-state index is -0.567. The van der Waals surface area contributed by atoms with E-state index in [0.717, 1.165) is 9.96 Å². The summed E-state index contributed by atoms with van der Waals surface area (Å²) in [5, 5.41) is 13.2. The van der Waals surface area contributed by atoms with Crippen LogP contribution in [0.15, 0.2) is 30.3 Å². The number of rotatable bonds is 11. The SMILES string of the molecule is CCN(CCN(C)C(=O)N(CCCl)ON)CCN1C(=O)c2cccc3cc([N+](=O)[O-])cc(c23)C1=O. The topological polar surface area (TPSA) is 143 Å². The number of non-ortho nitro benzene ring substituents is 1. The Labute approximate surface area is 206 Å². The van der Waals surface area contributed by atoms with Gasteiger partial charge in [-0.1, -0.05) is 19.1 Å². The smallest absolute Gasteiger partial charge is 0.325 e. The lowest BCUT2D eigenvalue weighted by Crippen LogP contribution is -2.47. The Morgan fingerprint density at radius 3 is 2.49 bits per heavy atom. The molecule has 188 valence electrons. The average Bonchev–Trinajstić information content (AvgIpc) is 2.86. The van der Waals surface area contributed by atoms with Gasteiger partial charge in [0.2, 0.25) is 0 Å². The molecule has 0 atom stereocenters. The van der Waals surface area contributed by atoms with Gasteiger partial charge in [-0.05, 0) is 18.0 Å². The summed E-state index contributed by atoms with van der Waals surface area (Å²) in [4.78, 5) is 58.5. The molecule has 1 aliphatic rings. The minimum absolute atomic E-state index is 0.0893. The van der Waals surface area contributed by atoms with Crippen LogP contribution in [0.4, 0.5) is 10.5 Å². The van der Waals surface area contributed by atoms with Crippen LogP contribution in [0.3, 0.4) is 0 Å². The number of nitrogens with two attached hydrogens (primary N) is 1. The molecule has 0 radical (unpaired) electrons. The predicted octanol–water partition coefficient (Wildman–Crippen LogP) is 2.06. The summed E-state index contributed by atoms with van der Waals surface area (Å²) in [7, 11) is 1.60. The Bertz CT molecular complexity index is 1140. The Hall–Kier alpha value is -3.32. The molecule has 2 aromatic rings. The van der Waals surface area contributed by atoms with Gasteiger partial charge >= 0.3 is 6.03 Å². The van der Waals surface area contributed by atoms with Crippen LogP contribution in [0.25, 0.3) is 10.8 Å². The van der Waals surface area contributed by atoms with Gasteiger partial charge in [0.1, 0.15) is 0 Å². The fourth-order valence-corrected chi connectivity index (χ4v) is 4.12. The zero-order chi connectivity index (χ0) is 25.7. The maximum absolute atomic E-state index is 13.2. The van der Waals surface area contributed by atoms with Gasteiger partial charge in [0.05, 0.1) is 17.0 Å². The highest BCUT2D eigenvalue weighted by molar-refractivity contribution is 6.25. The maximum atomic E-state index is 13.2. The van der Waals surface area contributed by atoms with Gasteiger partial charge < -0.3 is 9.80 Å². The third kappa shape index (κ3) is 5.51. The average molecular weight is 507 g/mol. The van der Waals surface area contributed by atoms with Gasteiger partial charge in [0.25, 0.3) is 17.5 Å². The van der Waals surface area contributed by atoms with Crippen molar-refractivity contribution < 1.29 is 24.2 Å². The van der Waals surface area contributed by atoms with Crippen molar-refractivity contribution in [2.24, 2.45) is 5.90 Å². The van der Waals surface area contributed by atoms with E-state index in [1.54, 1.807) is 25.2 Å². The molecule has 0 saturated carbocycles. The molecule has 0 fully saturated rings. The van der Waals surface area contributed by atoms with Crippen molar-refractivity contribution >= 4 is 45.9 Å². The second kappa shape index (κ2) is 11.4. The standard InChI is InChI=1S/C22H27ClN6O6/c1-3-26(10-9-25(2)22(32)28(35-24)8-7-23)11-12-27-20(30)17-6-4-5-15-13-16(29(33)34)14-18(19(15)17)21(27)31/h4-6,13-14H,3,7-12,24H2,1-2H3. The fourth-order valence-electron chi connectivity index (χ4n) is 3.97. The lowest BCUT2D eigenvalue weighted by Gasteiger charge is -2.31. The van der Waals surface area contributed by atoms with E-state index in [1.807, 2.05) is 11.8 Å². The molecule has 0 aromatic heterocycles. The van der Waals surface area contributed by atoms with Crippen molar-refractivity contribution in [2.45, 2.75) is 6.92 Å². The second-order valence-electron chi connectivity index (χ2n) is 7.95. The van der Waals surface area contributed by atoms with Crippen LogP contribution >= 0.6 is 11.6 Å². The van der Waals surface area contributed by atoms with Crippen LogP contribution in [-0.2, 0) is 4.94 Å². The summed E-state index contributed by atoms with van der Waals surface area (Å²) in [6, 6.07) is 7.03. The number of halogens is 1. The van der Waals surface area contributed by atoms with Crippen LogP contribution in [0.1, 0.15) is 27.6 Å². The highest BCUT2D eigenvalue weighted by Gasteiger charge is 2.34. The lowest BCUT2D eigenvalue weighted by molar-refractivity contribution is -0.384. The van der Waals surface area contributed by atoms with Crippen molar-refractivity contribution in [3.05, 3.63) is 51.6 Å². The normalized spacial score (nSPS) is 13.0. The van der Waals surface area contributed by atoms with Crippen molar-refractivity contribution in [2.75, 3.05) is 52.2 Å². The van der Waals surface area contributed by atoms with Crippen LogP contribution < -0.4 is 5.90 Å². The summed E-state index contributed by atoms with van der Waals surface area (Å²) in [5.41, 5.74) is 0.264. The third-order valence-corrected chi connectivity index (χ3v) is 6.09. The molecule has 1 aliphatic heterocycles. The molecule has 12 nitrogen and oxygen atoms in total. The summed E-state index contributed by atoms with van der Waals surface area (Å²) in [6.45, 7) is 3.90. The van der Waals surface area contributed by atoms with E-state index in [4.69, 9.17) is 17.5 Å². The number of carbonyl (C=O) groups is 3. The molecule has 2 aromatic carbocycles. The van der Waals surface area contributed by atoms with E-state index >= 15 is 0 Å². The zero-order valence-corrected chi connectivity index (χ0v) is 20.2. The number of hydrogen-bond donors (Lipinski definition) is 1. The first kappa shape index (κ1) is 26.3. The molecule has 1 heterocycles. The lowest BCUT2D eigenvalue weighted by atomic mass is 9.93. The molecule has 0 unspecified atom stereocenters.